The maximum atomic E-state index is 14.5. The summed E-state index contributed by atoms with van der Waals surface area (Å²) in [5, 5.41) is 9.40. The predicted octanol–water partition coefficient (Wildman–Crippen LogP) is 7.30. The van der Waals surface area contributed by atoms with Crippen LogP contribution in [0.2, 0.25) is 0 Å². The Morgan fingerprint density at radius 3 is 2.29 bits per heavy atom. The fraction of sp³-hybridized carbons (Fsp3) is 0.267. The van der Waals surface area contributed by atoms with E-state index in [0.717, 1.165) is 16.7 Å². The molecule has 0 N–H and O–H groups in total. The molecule has 12 heteroatoms. The van der Waals surface area contributed by atoms with Crippen LogP contribution in [0.25, 0.3) is 22.8 Å². The lowest BCUT2D eigenvalue weighted by Crippen LogP contribution is -2.29. The number of furan rings is 1. The SMILES string of the molecule is CCCS(=O)(=O)c1cc(-c2ccc(-c3cc(C(F)(F)F)c(C#N)c(=O)n3Cc3ccc(F)cc3F)o2)cc(C(C)C)c1. The van der Waals surface area contributed by atoms with E-state index < -0.39 is 56.6 Å². The molecule has 4 rings (SSSR count). The number of hydrogen-bond donors (Lipinski definition) is 0. The number of alkyl halides is 3. The molecule has 2 aromatic heterocycles. The number of rotatable bonds is 8. The average molecular weight is 605 g/mol. The van der Waals surface area contributed by atoms with Crippen molar-refractivity contribution in [1.29, 1.82) is 5.26 Å². The number of halogens is 5. The maximum absolute atomic E-state index is 14.5. The molecule has 0 saturated carbocycles. The van der Waals surface area contributed by atoms with Crippen molar-refractivity contribution in [3.8, 4) is 28.8 Å². The van der Waals surface area contributed by atoms with E-state index in [9.17, 15) is 40.4 Å². The summed E-state index contributed by atoms with van der Waals surface area (Å²) in [4.78, 5) is 13.3. The van der Waals surface area contributed by atoms with Gasteiger partial charge in [-0.1, -0.05) is 26.8 Å². The highest BCUT2D eigenvalue weighted by Gasteiger charge is 2.37. The molecule has 0 bridgehead atoms. The zero-order chi connectivity index (χ0) is 31.0. The summed E-state index contributed by atoms with van der Waals surface area (Å²) in [6.45, 7) is 4.83. The van der Waals surface area contributed by atoms with E-state index in [2.05, 4.69) is 0 Å². The quantitative estimate of drug-likeness (QED) is 0.197. The lowest BCUT2D eigenvalue weighted by Gasteiger charge is -2.17. The highest BCUT2D eigenvalue weighted by Crippen LogP contribution is 2.36. The van der Waals surface area contributed by atoms with Gasteiger partial charge in [-0.15, -0.1) is 0 Å². The third kappa shape index (κ3) is 6.16. The Labute approximate surface area is 238 Å². The van der Waals surface area contributed by atoms with Gasteiger partial charge in [-0.3, -0.25) is 9.36 Å². The minimum absolute atomic E-state index is 0.0601. The van der Waals surface area contributed by atoms with Gasteiger partial charge >= 0.3 is 6.18 Å². The Hall–Kier alpha value is -4.24. The summed E-state index contributed by atoms with van der Waals surface area (Å²) in [5.74, 6) is -2.22. The molecule has 220 valence electrons. The first-order valence-electron chi connectivity index (χ1n) is 12.8. The molecule has 0 unspecified atom stereocenters. The van der Waals surface area contributed by atoms with Gasteiger partial charge in [0.1, 0.15) is 29.0 Å². The van der Waals surface area contributed by atoms with Gasteiger partial charge in [0.25, 0.3) is 5.56 Å². The van der Waals surface area contributed by atoms with Gasteiger partial charge in [-0.05, 0) is 60.4 Å². The summed E-state index contributed by atoms with van der Waals surface area (Å²) >= 11 is 0. The maximum Gasteiger partial charge on any atom is 0.417 e. The van der Waals surface area contributed by atoms with Gasteiger partial charge in [-0.25, -0.2) is 17.2 Å². The van der Waals surface area contributed by atoms with E-state index in [1.54, 1.807) is 19.1 Å². The van der Waals surface area contributed by atoms with Crippen molar-refractivity contribution in [2.24, 2.45) is 0 Å². The number of hydrogen-bond acceptors (Lipinski definition) is 5. The third-order valence-corrected chi connectivity index (χ3v) is 8.53. The van der Waals surface area contributed by atoms with Crippen molar-refractivity contribution < 1.29 is 34.8 Å². The highest BCUT2D eigenvalue weighted by atomic mass is 32.2. The number of benzene rings is 2. The first kappa shape index (κ1) is 30.7. The van der Waals surface area contributed by atoms with Gasteiger partial charge in [-0.2, -0.15) is 18.4 Å². The van der Waals surface area contributed by atoms with E-state index in [1.165, 1.54) is 24.3 Å². The Morgan fingerprint density at radius 1 is 1.00 bits per heavy atom. The van der Waals surface area contributed by atoms with E-state index in [0.29, 0.717) is 29.7 Å². The van der Waals surface area contributed by atoms with Crippen molar-refractivity contribution in [3.63, 3.8) is 0 Å². The number of pyridine rings is 1. The Balaban J connectivity index is 1.94. The molecule has 0 radical (unpaired) electrons. The van der Waals surface area contributed by atoms with Crippen molar-refractivity contribution >= 4 is 9.84 Å². The van der Waals surface area contributed by atoms with Crippen molar-refractivity contribution in [1.82, 2.24) is 4.57 Å². The lowest BCUT2D eigenvalue weighted by atomic mass is 10.00. The molecule has 0 aliphatic rings. The molecular weight excluding hydrogens is 579 g/mol. The molecule has 4 aromatic rings. The molecule has 0 atom stereocenters. The molecular formula is C30H25F5N2O4S. The summed E-state index contributed by atoms with van der Waals surface area (Å²) in [6, 6.07) is 11.7. The van der Waals surface area contributed by atoms with Crippen LogP contribution in [0.5, 0.6) is 0 Å². The second kappa shape index (κ2) is 11.6. The van der Waals surface area contributed by atoms with Gasteiger partial charge in [0.2, 0.25) is 0 Å². The fourth-order valence-electron chi connectivity index (χ4n) is 4.45. The first-order chi connectivity index (χ1) is 19.7. The van der Waals surface area contributed by atoms with Crippen LogP contribution in [0.3, 0.4) is 0 Å². The number of aromatic nitrogens is 1. The zero-order valence-electron chi connectivity index (χ0n) is 22.7. The third-order valence-electron chi connectivity index (χ3n) is 6.63. The zero-order valence-corrected chi connectivity index (χ0v) is 23.5. The Kier molecular flexibility index (Phi) is 8.46. The largest absolute Gasteiger partial charge is 0.455 e. The van der Waals surface area contributed by atoms with Crippen LogP contribution in [0.1, 0.15) is 55.4 Å². The molecule has 0 amide bonds. The van der Waals surface area contributed by atoms with Crippen LogP contribution in [-0.4, -0.2) is 18.7 Å². The van der Waals surface area contributed by atoms with E-state index >= 15 is 0 Å². The van der Waals surface area contributed by atoms with Gasteiger partial charge in [0.15, 0.2) is 15.6 Å². The normalized spacial score (nSPS) is 12.1. The predicted molar refractivity (Wildman–Crippen MR) is 145 cm³/mol. The smallest absolute Gasteiger partial charge is 0.417 e. The molecule has 42 heavy (non-hydrogen) atoms. The fourth-order valence-corrected chi connectivity index (χ4v) is 5.85. The van der Waals surface area contributed by atoms with Crippen molar-refractivity contribution in [3.05, 3.63) is 98.8 Å². The molecule has 0 saturated heterocycles. The van der Waals surface area contributed by atoms with Crippen molar-refractivity contribution in [2.45, 2.75) is 50.7 Å². The molecule has 0 spiro atoms. The lowest BCUT2D eigenvalue weighted by molar-refractivity contribution is -0.137. The second-order valence-electron chi connectivity index (χ2n) is 9.98. The van der Waals surface area contributed by atoms with Crippen LogP contribution in [-0.2, 0) is 22.6 Å². The summed E-state index contributed by atoms with van der Waals surface area (Å²) < 4.78 is 102. The number of nitriles is 1. The Morgan fingerprint density at radius 2 is 1.69 bits per heavy atom. The molecule has 6 nitrogen and oxygen atoms in total. The standard InChI is InChI=1S/C30H25F5N2O4S/c1-4-9-42(39,40)22-11-19(17(2)3)10-20(12-22)27-7-8-28(41-27)26-14-24(30(33,34)35)23(15-36)29(38)37(26)16-18-5-6-21(31)13-25(18)32/h5-8,10-14,17H,4,9,16H2,1-3H3. The van der Waals surface area contributed by atoms with Crippen LogP contribution < -0.4 is 5.56 Å². The highest BCUT2D eigenvalue weighted by molar-refractivity contribution is 7.91. The molecule has 0 fully saturated rings. The minimum atomic E-state index is -5.08. The summed E-state index contributed by atoms with van der Waals surface area (Å²) in [5.41, 5.74) is -3.67. The average Bonchev–Trinajstić information content (AvgIpc) is 3.40. The van der Waals surface area contributed by atoms with Gasteiger partial charge in [0.05, 0.1) is 28.5 Å². The number of sulfone groups is 1. The number of nitrogens with zero attached hydrogens (tertiary/aromatic N) is 2. The minimum Gasteiger partial charge on any atom is -0.455 e. The van der Waals surface area contributed by atoms with Gasteiger partial charge in [0, 0.05) is 17.2 Å². The topological polar surface area (TPSA) is 93.1 Å². The molecule has 0 aliphatic carbocycles. The van der Waals surface area contributed by atoms with E-state index in [1.807, 2.05) is 13.8 Å². The molecule has 0 aliphatic heterocycles. The van der Waals surface area contributed by atoms with Crippen LogP contribution in [0, 0.1) is 23.0 Å². The van der Waals surface area contributed by atoms with E-state index in [-0.39, 0.29) is 33.7 Å². The summed E-state index contributed by atoms with van der Waals surface area (Å²) in [6.07, 6.45) is -4.69. The molecule has 2 heterocycles. The van der Waals surface area contributed by atoms with Crippen molar-refractivity contribution in [2.75, 3.05) is 5.75 Å². The monoisotopic (exact) mass is 604 g/mol. The van der Waals surface area contributed by atoms with E-state index in [4.69, 9.17) is 4.42 Å². The van der Waals surface area contributed by atoms with Crippen LogP contribution >= 0.6 is 0 Å². The van der Waals surface area contributed by atoms with Crippen LogP contribution in [0.4, 0.5) is 22.0 Å². The molecule has 2 aromatic carbocycles. The Bertz CT molecular complexity index is 1870. The second-order valence-corrected chi connectivity index (χ2v) is 12.1. The summed E-state index contributed by atoms with van der Waals surface area (Å²) in [7, 11) is -3.63. The first-order valence-corrected chi connectivity index (χ1v) is 14.5. The van der Waals surface area contributed by atoms with Gasteiger partial charge < -0.3 is 4.42 Å². The van der Waals surface area contributed by atoms with Crippen LogP contribution in [0.15, 0.2) is 68.7 Å².